The molecule has 1 heterocycles. The SMILES string of the molecule is CN(CC1CCCNC1)C1CC1(C)C.Cl. The number of rotatable bonds is 3. The summed E-state index contributed by atoms with van der Waals surface area (Å²) in [5.74, 6) is 0.894. The quantitative estimate of drug-likeness (QED) is 0.802. The van der Waals surface area contributed by atoms with Crippen molar-refractivity contribution < 1.29 is 0 Å². The van der Waals surface area contributed by atoms with E-state index in [4.69, 9.17) is 0 Å². The van der Waals surface area contributed by atoms with E-state index in [1.54, 1.807) is 0 Å². The van der Waals surface area contributed by atoms with E-state index in [-0.39, 0.29) is 12.4 Å². The van der Waals surface area contributed by atoms with Crippen LogP contribution in [0.4, 0.5) is 0 Å². The van der Waals surface area contributed by atoms with E-state index in [0.29, 0.717) is 5.41 Å². The Kier molecular flexibility index (Phi) is 4.45. The molecule has 0 aromatic carbocycles. The van der Waals surface area contributed by atoms with Crippen molar-refractivity contribution in [3.63, 3.8) is 0 Å². The lowest BCUT2D eigenvalue weighted by atomic mass is 9.99. The van der Waals surface area contributed by atoms with Gasteiger partial charge in [-0.25, -0.2) is 0 Å². The van der Waals surface area contributed by atoms with Gasteiger partial charge in [-0.1, -0.05) is 13.8 Å². The average molecular weight is 233 g/mol. The Morgan fingerprint density at radius 2 is 2.07 bits per heavy atom. The molecule has 2 atom stereocenters. The fourth-order valence-electron chi connectivity index (χ4n) is 2.81. The average Bonchev–Trinajstić information content (AvgIpc) is 2.77. The van der Waals surface area contributed by atoms with Crippen LogP contribution < -0.4 is 5.32 Å². The molecular formula is C12H25ClN2. The van der Waals surface area contributed by atoms with Crippen molar-refractivity contribution in [2.24, 2.45) is 11.3 Å². The number of piperidine rings is 1. The monoisotopic (exact) mass is 232 g/mol. The molecule has 90 valence electrons. The molecule has 1 aliphatic heterocycles. The summed E-state index contributed by atoms with van der Waals surface area (Å²) in [6, 6.07) is 0.851. The third-order valence-electron chi connectivity index (χ3n) is 3.94. The topological polar surface area (TPSA) is 15.3 Å². The predicted molar refractivity (Wildman–Crippen MR) is 67.7 cm³/mol. The van der Waals surface area contributed by atoms with Gasteiger partial charge in [0.05, 0.1) is 0 Å². The van der Waals surface area contributed by atoms with E-state index in [2.05, 4.69) is 31.1 Å². The highest BCUT2D eigenvalue weighted by Gasteiger charge is 2.48. The van der Waals surface area contributed by atoms with Crippen LogP contribution in [0.25, 0.3) is 0 Å². The molecule has 2 fully saturated rings. The maximum absolute atomic E-state index is 3.49. The first-order valence-electron chi connectivity index (χ1n) is 6.00. The zero-order chi connectivity index (χ0) is 10.2. The molecule has 0 spiro atoms. The summed E-state index contributed by atoms with van der Waals surface area (Å²) < 4.78 is 0. The van der Waals surface area contributed by atoms with Gasteiger partial charge in [0.15, 0.2) is 0 Å². The van der Waals surface area contributed by atoms with E-state index in [0.717, 1.165) is 12.0 Å². The molecule has 0 bridgehead atoms. The lowest BCUT2D eigenvalue weighted by Gasteiger charge is -2.28. The largest absolute Gasteiger partial charge is 0.316 e. The minimum Gasteiger partial charge on any atom is -0.316 e. The van der Waals surface area contributed by atoms with Crippen LogP contribution >= 0.6 is 12.4 Å². The van der Waals surface area contributed by atoms with Crippen LogP contribution in [0.1, 0.15) is 33.1 Å². The van der Waals surface area contributed by atoms with Crippen LogP contribution in [0.5, 0.6) is 0 Å². The number of nitrogens with zero attached hydrogens (tertiary/aromatic N) is 1. The first-order chi connectivity index (χ1) is 6.59. The minimum atomic E-state index is 0. The predicted octanol–water partition coefficient (Wildman–Crippen LogP) is 2.14. The third-order valence-corrected chi connectivity index (χ3v) is 3.94. The van der Waals surface area contributed by atoms with Gasteiger partial charge in [0, 0.05) is 12.6 Å². The van der Waals surface area contributed by atoms with Crippen molar-refractivity contribution >= 4 is 12.4 Å². The summed E-state index contributed by atoms with van der Waals surface area (Å²) in [6.45, 7) is 8.52. The van der Waals surface area contributed by atoms with Crippen LogP contribution in [0.15, 0.2) is 0 Å². The zero-order valence-corrected chi connectivity index (χ0v) is 11.1. The summed E-state index contributed by atoms with van der Waals surface area (Å²) in [6.07, 6.45) is 4.18. The van der Waals surface area contributed by atoms with Gasteiger partial charge >= 0.3 is 0 Å². The highest BCUT2D eigenvalue weighted by Crippen LogP contribution is 2.48. The van der Waals surface area contributed by atoms with E-state index in [1.807, 2.05) is 0 Å². The van der Waals surface area contributed by atoms with Gasteiger partial charge in [-0.15, -0.1) is 12.4 Å². The van der Waals surface area contributed by atoms with Crippen molar-refractivity contribution in [2.75, 3.05) is 26.7 Å². The van der Waals surface area contributed by atoms with Crippen LogP contribution in [0, 0.1) is 11.3 Å². The van der Waals surface area contributed by atoms with Crippen molar-refractivity contribution in [1.82, 2.24) is 10.2 Å². The van der Waals surface area contributed by atoms with E-state index in [9.17, 15) is 0 Å². The van der Waals surface area contributed by atoms with Gasteiger partial charge in [0.1, 0.15) is 0 Å². The van der Waals surface area contributed by atoms with Gasteiger partial charge in [-0.3, -0.25) is 0 Å². The molecule has 1 aliphatic carbocycles. The van der Waals surface area contributed by atoms with Gasteiger partial charge < -0.3 is 10.2 Å². The van der Waals surface area contributed by atoms with Crippen LogP contribution in [0.3, 0.4) is 0 Å². The standard InChI is InChI=1S/C12H24N2.ClH/c1-12(2)7-11(12)14(3)9-10-5-4-6-13-8-10;/h10-11,13H,4-9H2,1-3H3;1H. The Morgan fingerprint density at radius 3 is 2.53 bits per heavy atom. The lowest BCUT2D eigenvalue weighted by molar-refractivity contribution is 0.218. The lowest BCUT2D eigenvalue weighted by Crippen LogP contribution is -2.38. The van der Waals surface area contributed by atoms with Crippen molar-refractivity contribution in [2.45, 2.75) is 39.2 Å². The molecule has 0 aromatic rings. The van der Waals surface area contributed by atoms with Gasteiger partial charge in [0.2, 0.25) is 0 Å². The molecule has 2 nitrogen and oxygen atoms in total. The molecule has 15 heavy (non-hydrogen) atoms. The van der Waals surface area contributed by atoms with Gasteiger partial charge in [0.25, 0.3) is 0 Å². The Hall–Kier alpha value is 0.210. The second kappa shape index (κ2) is 5.03. The molecule has 2 aliphatic rings. The van der Waals surface area contributed by atoms with Crippen LogP contribution in [-0.2, 0) is 0 Å². The number of halogens is 1. The normalized spacial score (nSPS) is 33.6. The maximum Gasteiger partial charge on any atom is 0.0150 e. The molecule has 0 amide bonds. The molecule has 1 saturated heterocycles. The molecule has 3 heteroatoms. The van der Waals surface area contributed by atoms with Crippen LogP contribution in [0.2, 0.25) is 0 Å². The zero-order valence-electron chi connectivity index (χ0n) is 10.3. The fourth-order valence-corrected chi connectivity index (χ4v) is 2.81. The summed E-state index contributed by atoms with van der Waals surface area (Å²) in [7, 11) is 2.30. The van der Waals surface area contributed by atoms with Gasteiger partial charge in [-0.2, -0.15) is 0 Å². The summed E-state index contributed by atoms with van der Waals surface area (Å²) >= 11 is 0. The molecular weight excluding hydrogens is 208 g/mol. The minimum absolute atomic E-state index is 0. The van der Waals surface area contributed by atoms with Crippen molar-refractivity contribution in [1.29, 1.82) is 0 Å². The molecule has 1 saturated carbocycles. The second-order valence-electron chi connectivity index (χ2n) is 5.86. The Morgan fingerprint density at radius 1 is 1.40 bits per heavy atom. The molecule has 2 unspecified atom stereocenters. The fraction of sp³-hybridized carbons (Fsp3) is 1.00. The van der Waals surface area contributed by atoms with E-state index >= 15 is 0 Å². The van der Waals surface area contributed by atoms with Crippen molar-refractivity contribution in [3.05, 3.63) is 0 Å². The maximum atomic E-state index is 3.49. The summed E-state index contributed by atoms with van der Waals surface area (Å²) in [5, 5.41) is 3.49. The van der Waals surface area contributed by atoms with Crippen molar-refractivity contribution in [3.8, 4) is 0 Å². The highest BCUT2D eigenvalue weighted by atomic mass is 35.5. The molecule has 1 N–H and O–H groups in total. The smallest absolute Gasteiger partial charge is 0.0150 e. The number of hydrogen-bond donors (Lipinski definition) is 1. The van der Waals surface area contributed by atoms with Crippen LogP contribution in [-0.4, -0.2) is 37.6 Å². The third kappa shape index (κ3) is 3.33. The Bertz CT molecular complexity index is 200. The van der Waals surface area contributed by atoms with E-state index < -0.39 is 0 Å². The highest BCUT2D eigenvalue weighted by molar-refractivity contribution is 5.85. The van der Waals surface area contributed by atoms with Gasteiger partial charge in [-0.05, 0) is 50.7 Å². The molecule has 0 aromatic heterocycles. The Labute approximate surface area is 100 Å². The first-order valence-corrected chi connectivity index (χ1v) is 6.00. The molecule has 2 rings (SSSR count). The Balaban J connectivity index is 0.00000112. The number of hydrogen-bond acceptors (Lipinski definition) is 2. The number of nitrogens with one attached hydrogen (secondary N) is 1. The first kappa shape index (κ1) is 13.3. The summed E-state index contributed by atoms with van der Waals surface area (Å²) in [5.41, 5.74) is 0.594. The molecule has 0 radical (unpaired) electrons. The summed E-state index contributed by atoms with van der Waals surface area (Å²) in [4.78, 5) is 2.58. The second-order valence-corrected chi connectivity index (χ2v) is 5.86. The van der Waals surface area contributed by atoms with E-state index in [1.165, 1.54) is 38.9 Å².